The maximum Gasteiger partial charge on any atom is 0.223 e. The molecule has 7 atom stereocenters. The molecule has 1 aromatic carbocycles. The third kappa shape index (κ3) is 3.22. The summed E-state index contributed by atoms with van der Waals surface area (Å²) in [6.07, 6.45) is 9.59. The molecule has 0 heterocycles. The molecule has 0 bridgehead atoms. The molecule has 0 saturated heterocycles. The van der Waals surface area contributed by atoms with Crippen molar-refractivity contribution in [1.82, 2.24) is 5.32 Å². The van der Waals surface area contributed by atoms with Crippen LogP contribution in [0.3, 0.4) is 0 Å². The normalized spacial score (nSPS) is 41.1. The second-order valence-electron chi connectivity index (χ2n) is 10.6. The van der Waals surface area contributed by atoms with Crippen LogP contribution in [0, 0.1) is 34.5 Å². The highest BCUT2D eigenvalue weighted by Gasteiger charge is 2.62. The van der Waals surface area contributed by atoms with E-state index >= 15 is 0 Å². The monoisotopic (exact) mass is 419 g/mol. The molecule has 0 aromatic heterocycles. The van der Waals surface area contributed by atoms with Crippen molar-refractivity contribution in [1.29, 1.82) is 0 Å². The second kappa shape index (κ2) is 7.44. The van der Waals surface area contributed by atoms with Gasteiger partial charge >= 0.3 is 0 Å². The fraction of sp³-hybridized carbons (Fsp3) is 0.556. The van der Waals surface area contributed by atoms with Gasteiger partial charge in [-0.05, 0) is 67.1 Å². The van der Waals surface area contributed by atoms with Gasteiger partial charge in [0, 0.05) is 23.8 Å². The molecule has 3 saturated carbocycles. The quantitative estimate of drug-likeness (QED) is 0.772. The molecule has 4 aliphatic carbocycles. The van der Waals surface area contributed by atoms with Crippen LogP contribution >= 0.6 is 0 Å². The van der Waals surface area contributed by atoms with Crippen molar-refractivity contribution in [2.45, 2.75) is 58.6 Å². The number of carbonyl (C=O) groups is 2. The molecule has 5 rings (SSSR count). The minimum absolute atomic E-state index is 0.0509. The summed E-state index contributed by atoms with van der Waals surface area (Å²) >= 11 is 0. The van der Waals surface area contributed by atoms with Crippen LogP contribution < -0.4 is 5.32 Å². The van der Waals surface area contributed by atoms with E-state index in [0.717, 1.165) is 31.2 Å². The number of rotatable bonds is 3. The molecular formula is C27H33NO3. The molecule has 0 aliphatic heterocycles. The number of aliphatic hydroxyl groups excluding tert-OH is 1. The molecule has 2 N–H and O–H groups in total. The molecule has 4 nitrogen and oxygen atoms in total. The summed E-state index contributed by atoms with van der Waals surface area (Å²) in [6, 6.07) is 10.0. The van der Waals surface area contributed by atoms with Crippen LogP contribution in [-0.2, 0) is 16.1 Å². The van der Waals surface area contributed by atoms with E-state index in [1.54, 1.807) is 12.2 Å². The summed E-state index contributed by atoms with van der Waals surface area (Å²) in [5.74, 6) is 1.10. The molecule has 3 fully saturated rings. The highest BCUT2D eigenvalue weighted by Crippen LogP contribution is 2.65. The van der Waals surface area contributed by atoms with Crippen molar-refractivity contribution in [2.75, 3.05) is 0 Å². The van der Waals surface area contributed by atoms with Gasteiger partial charge in [-0.3, -0.25) is 9.59 Å². The molecule has 6 unspecified atom stereocenters. The zero-order valence-electron chi connectivity index (χ0n) is 18.5. The zero-order chi connectivity index (χ0) is 21.8. The topological polar surface area (TPSA) is 66.4 Å². The Hall–Kier alpha value is -2.20. The maximum atomic E-state index is 13.2. The molecule has 1 amide bonds. The van der Waals surface area contributed by atoms with Crippen LogP contribution in [-0.4, -0.2) is 22.9 Å². The lowest BCUT2D eigenvalue weighted by atomic mass is 9.47. The number of nitrogens with one attached hydrogen (secondary N) is 1. The van der Waals surface area contributed by atoms with Crippen LogP contribution in [0.2, 0.25) is 0 Å². The van der Waals surface area contributed by atoms with E-state index < -0.39 is 6.10 Å². The van der Waals surface area contributed by atoms with Crippen molar-refractivity contribution < 1.29 is 14.7 Å². The van der Waals surface area contributed by atoms with Crippen LogP contribution in [0.15, 0.2) is 54.1 Å². The van der Waals surface area contributed by atoms with E-state index in [1.807, 2.05) is 36.4 Å². The van der Waals surface area contributed by atoms with Gasteiger partial charge in [0.2, 0.25) is 5.91 Å². The molecule has 4 heteroatoms. The highest BCUT2D eigenvalue weighted by atomic mass is 16.3. The molecule has 4 aliphatic rings. The Bertz CT molecular complexity index is 950. The first kappa shape index (κ1) is 20.7. The van der Waals surface area contributed by atoms with Gasteiger partial charge in [-0.2, -0.15) is 0 Å². The van der Waals surface area contributed by atoms with Gasteiger partial charge < -0.3 is 10.4 Å². The third-order valence-electron chi connectivity index (χ3n) is 9.12. The molecule has 0 spiro atoms. The van der Waals surface area contributed by atoms with Crippen molar-refractivity contribution in [3.63, 3.8) is 0 Å². The van der Waals surface area contributed by atoms with Gasteiger partial charge in [0.15, 0.2) is 5.78 Å². The van der Waals surface area contributed by atoms with Gasteiger partial charge in [-0.25, -0.2) is 0 Å². The molecular weight excluding hydrogens is 386 g/mol. The van der Waals surface area contributed by atoms with E-state index in [-0.39, 0.29) is 34.4 Å². The smallest absolute Gasteiger partial charge is 0.223 e. The summed E-state index contributed by atoms with van der Waals surface area (Å²) < 4.78 is 0. The lowest BCUT2D eigenvalue weighted by Crippen LogP contribution is -2.56. The summed E-state index contributed by atoms with van der Waals surface area (Å²) in [5.41, 5.74) is 1.87. The minimum atomic E-state index is -0.458. The average molecular weight is 420 g/mol. The fourth-order valence-corrected chi connectivity index (χ4v) is 7.66. The molecule has 1 aromatic rings. The lowest BCUT2D eigenvalue weighted by molar-refractivity contribution is -0.141. The minimum Gasteiger partial charge on any atom is -0.393 e. The highest BCUT2D eigenvalue weighted by molar-refractivity contribution is 6.01. The van der Waals surface area contributed by atoms with E-state index in [2.05, 4.69) is 19.2 Å². The number of amides is 1. The average Bonchev–Trinajstić information content (AvgIpc) is 3.09. The number of hydrogen-bond acceptors (Lipinski definition) is 3. The van der Waals surface area contributed by atoms with E-state index in [4.69, 9.17) is 0 Å². The van der Waals surface area contributed by atoms with Gasteiger partial charge in [0.1, 0.15) is 0 Å². The zero-order valence-corrected chi connectivity index (χ0v) is 18.5. The summed E-state index contributed by atoms with van der Waals surface area (Å²) in [4.78, 5) is 25.2. The van der Waals surface area contributed by atoms with Gasteiger partial charge in [0.05, 0.1) is 6.10 Å². The van der Waals surface area contributed by atoms with Crippen molar-refractivity contribution in [3.8, 4) is 0 Å². The van der Waals surface area contributed by atoms with E-state index in [0.29, 0.717) is 24.8 Å². The second-order valence-corrected chi connectivity index (χ2v) is 10.6. The Kier molecular flexibility index (Phi) is 4.97. The number of allylic oxidation sites excluding steroid dienone is 4. The molecule has 31 heavy (non-hydrogen) atoms. The number of carbonyl (C=O) groups excluding carboxylic acids is 2. The van der Waals surface area contributed by atoms with Crippen molar-refractivity contribution in [2.24, 2.45) is 34.5 Å². The first-order chi connectivity index (χ1) is 14.8. The number of hydrogen-bond donors (Lipinski definition) is 2. The standard InChI is InChI=1S/C27H33NO3/c1-26-13-12-19(29)14-18(26)8-9-20-21-10-11-22(27(21,2)15-23(30)24(20)26)25(31)28-16-17-6-4-3-5-7-17/h3-7,12-14,20-24,30H,8-11,15-16H2,1-2H3,(H,28,31)/t20?,21?,22?,23-,24?,26?,27?/m0/s1. The Balaban J connectivity index is 1.37. The Morgan fingerprint density at radius 3 is 2.71 bits per heavy atom. The first-order valence-electron chi connectivity index (χ1n) is 11.8. The summed E-state index contributed by atoms with van der Waals surface area (Å²) in [7, 11) is 0. The van der Waals surface area contributed by atoms with Crippen LogP contribution in [0.5, 0.6) is 0 Å². The number of benzene rings is 1. The fourth-order valence-electron chi connectivity index (χ4n) is 7.66. The third-order valence-corrected chi connectivity index (χ3v) is 9.12. The van der Waals surface area contributed by atoms with Crippen LogP contribution in [0.25, 0.3) is 0 Å². The number of fused-ring (bicyclic) bond motifs is 5. The lowest BCUT2D eigenvalue weighted by Gasteiger charge is -2.58. The van der Waals surface area contributed by atoms with Crippen LogP contribution in [0.1, 0.15) is 51.5 Å². The van der Waals surface area contributed by atoms with Crippen molar-refractivity contribution in [3.05, 3.63) is 59.7 Å². The molecule has 0 radical (unpaired) electrons. The predicted octanol–water partition coefficient (Wildman–Crippen LogP) is 4.20. The van der Waals surface area contributed by atoms with Crippen molar-refractivity contribution >= 4 is 11.7 Å². The Morgan fingerprint density at radius 1 is 1.16 bits per heavy atom. The summed E-state index contributed by atoms with van der Waals surface area (Å²) in [5, 5.41) is 14.6. The van der Waals surface area contributed by atoms with Crippen LogP contribution in [0.4, 0.5) is 0 Å². The number of ketones is 1. The van der Waals surface area contributed by atoms with E-state index in [1.165, 1.54) is 5.57 Å². The van der Waals surface area contributed by atoms with Gasteiger partial charge in [0.25, 0.3) is 0 Å². The maximum absolute atomic E-state index is 13.2. The SMILES string of the molecule is CC12C=CC(=O)C=C1CCC1C2[C@@H](O)CC2(C)C(C(=O)NCc3ccccc3)CCC12. The van der Waals surface area contributed by atoms with Gasteiger partial charge in [-0.1, -0.05) is 55.8 Å². The first-order valence-corrected chi connectivity index (χ1v) is 11.8. The molecule has 164 valence electrons. The number of aliphatic hydroxyl groups is 1. The van der Waals surface area contributed by atoms with E-state index in [9.17, 15) is 14.7 Å². The largest absolute Gasteiger partial charge is 0.393 e. The predicted molar refractivity (Wildman–Crippen MR) is 120 cm³/mol. The Labute approximate surface area is 184 Å². The van der Waals surface area contributed by atoms with Gasteiger partial charge in [-0.15, -0.1) is 0 Å². The Morgan fingerprint density at radius 2 is 1.94 bits per heavy atom. The summed E-state index contributed by atoms with van der Waals surface area (Å²) in [6.45, 7) is 4.99.